The number of aliphatic hydroxyl groups is 1. The number of amides is 1. The molecule has 22 heavy (non-hydrogen) atoms. The summed E-state index contributed by atoms with van der Waals surface area (Å²) in [5.41, 5.74) is -0.612. The molecule has 0 radical (unpaired) electrons. The van der Waals surface area contributed by atoms with Crippen LogP contribution >= 0.6 is 0 Å². The summed E-state index contributed by atoms with van der Waals surface area (Å²) in [7, 11) is 0. The Morgan fingerprint density at radius 1 is 1.41 bits per heavy atom. The zero-order valence-corrected chi connectivity index (χ0v) is 13.1. The van der Waals surface area contributed by atoms with Crippen molar-refractivity contribution < 1.29 is 23.8 Å². The van der Waals surface area contributed by atoms with Crippen molar-refractivity contribution in [2.75, 3.05) is 6.61 Å². The Morgan fingerprint density at radius 3 is 2.64 bits per heavy atom. The Kier molecular flexibility index (Phi) is 4.60. The van der Waals surface area contributed by atoms with Crippen LogP contribution in [0.25, 0.3) is 0 Å². The monoisotopic (exact) mass is 311 g/mol. The van der Waals surface area contributed by atoms with E-state index in [0.29, 0.717) is 11.3 Å². The molecule has 1 aliphatic carbocycles. The molecule has 2 N–H and O–H groups in total. The molecule has 1 amide bonds. The van der Waals surface area contributed by atoms with Crippen LogP contribution in [0.15, 0.2) is 18.2 Å². The highest BCUT2D eigenvalue weighted by atomic mass is 19.1. The van der Waals surface area contributed by atoms with Gasteiger partial charge in [0.15, 0.2) is 0 Å². The second kappa shape index (κ2) is 6.12. The summed E-state index contributed by atoms with van der Waals surface area (Å²) < 4.78 is 24.0. The van der Waals surface area contributed by atoms with Crippen molar-refractivity contribution in [2.24, 2.45) is 0 Å². The number of hydrogen-bond acceptors (Lipinski definition) is 4. The standard InChI is InChI=1S/C16H22FNO4/c1-15(2,3)22-14(20)18-16(6-7-16)10-21-13-5-4-12(17)8-11(13)9-19/h4-5,8,19H,6-7,9-10H2,1-3H3,(H,18,20). The molecule has 1 fully saturated rings. The van der Waals surface area contributed by atoms with Gasteiger partial charge in [0.05, 0.1) is 12.1 Å². The molecule has 0 aromatic heterocycles. The van der Waals surface area contributed by atoms with Crippen molar-refractivity contribution in [1.29, 1.82) is 0 Å². The first-order valence-corrected chi connectivity index (χ1v) is 7.26. The first-order valence-electron chi connectivity index (χ1n) is 7.26. The summed E-state index contributed by atoms with van der Waals surface area (Å²) in [4.78, 5) is 11.8. The van der Waals surface area contributed by atoms with Gasteiger partial charge < -0.3 is 19.9 Å². The van der Waals surface area contributed by atoms with Gasteiger partial charge in [0, 0.05) is 5.56 Å². The fraction of sp³-hybridized carbons (Fsp3) is 0.562. The minimum absolute atomic E-state index is 0.255. The molecule has 1 aromatic rings. The second-order valence-electron chi connectivity index (χ2n) is 6.61. The van der Waals surface area contributed by atoms with Crippen LogP contribution in [0, 0.1) is 5.82 Å². The number of benzene rings is 1. The van der Waals surface area contributed by atoms with Gasteiger partial charge in [-0.25, -0.2) is 9.18 Å². The van der Waals surface area contributed by atoms with E-state index >= 15 is 0 Å². The van der Waals surface area contributed by atoms with Crippen LogP contribution in [0.5, 0.6) is 5.75 Å². The topological polar surface area (TPSA) is 67.8 Å². The van der Waals surface area contributed by atoms with Crippen LogP contribution in [-0.4, -0.2) is 28.9 Å². The summed E-state index contributed by atoms with van der Waals surface area (Å²) in [6, 6.07) is 3.98. The van der Waals surface area contributed by atoms with Crippen LogP contribution in [0.3, 0.4) is 0 Å². The number of hydrogen-bond donors (Lipinski definition) is 2. The number of aliphatic hydroxyl groups excluding tert-OH is 1. The Balaban J connectivity index is 1.92. The van der Waals surface area contributed by atoms with Crippen LogP contribution < -0.4 is 10.1 Å². The molecule has 0 unspecified atom stereocenters. The Hall–Kier alpha value is -1.82. The molecule has 0 spiro atoms. The zero-order chi connectivity index (χ0) is 16.4. The number of alkyl carbamates (subject to hydrolysis) is 1. The van der Waals surface area contributed by atoms with Gasteiger partial charge in [-0.15, -0.1) is 0 Å². The molecular weight excluding hydrogens is 289 g/mol. The van der Waals surface area contributed by atoms with Gasteiger partial charge in [0.25, 0.3) is 0 Å². The third-order valence-corrected chi connectivity index (χ3v) is 3.32. The quantitative estimate of drug-likeness (QED) is 0.877. The van der Waals surface area contributed by atoms with Crippen LogP contribution in [0.1, 0.15) is 39.2 Å². The van der Waals surface area contributed by atoms with Gasteiger partial charge in [-0.05, 0) is 51.8 Å². The maximum absolute atomic E-state index is 13.1. The summed E-state index contributed by atoms with van der Waals surface area (Å²) in [5.74, 6) is -0.00872. The summed E-state index contributed by atoms with van der Waals surface area (Å²) >= 11 is 0. The maximum atomic E-state index is 13.1. The summed E-state index contributed by atoms with van der Waals surface area (Å²) in [5, 5.41) is 12.0. The molecule has 5 nitrogen and oxygen atoms in total. The lowest BCUT2D eigenvalue weighted by molar-refractivity contribution is 0.0476. The molecule has 2 rings (SSSR count). The van der Waals surface area contributed by atoms with Crippen molar-refractivity contribution in [3.05, 3.63) is 29.6 Å². The maximum Gasteiger partial charge on any atom is 0.408 e. The average molecular weight is 311 g/mol. The molecule has 1 aliphatic rings. The van der Waals surface area contributed by atoms with Crippen molar-refractivity contribution in [3.63, 3.8) is 0 Å². The van der Waals surface area contributed by atoms with Gasteiger partial charge in [-0.2, -0.15) is 0 Å². The second-order valence-corrected chi connectivity index (χ2v) is 6.61. The predicted octanol–water partition coefficient (Wildman–Crippen LogP) is 2.75. The third kappa shape index (κ3) is 4.59. The molecule has 0 atom stereocenters. The van der Waals surface area contributed by atoms with Gasteiger partial charge in [0.1, 0.15) is 23.8 Å². The SMILES string of the molecule is CC(C)(C)OC(=O)NC1(COc2ccc(F)cc2CO)CC1. The molecule has 1 saturated carbocycles. The Bertz CT molecular complexity index is 550. The van der Waals surface area contributed by atoms with Crippen molar-refractivity contribution in [3.8, 4) is 5.75 Å². The van der Waals surface area contributed by atoms with E-state index in [0.717, 1.165) is 12.8 Å². The fourth-order valence-corrected chi connectivity index (χ4v) is 2.00. The number of rotatable bonds is 5. The van der Waals surface area contributed by atoms with E-state index in [9.17, 15) is 14.3 Å². The number of carbonyl (C=O) groups excluding carboxylic acids is 1. The van der Waals surface area contributed by atoms with Crippen LogP contribution in [0.2, 0.25) is 0 Å². The third-order valence-electron chi connectivity index (χ3n) is 3.32. The molecule has 0 bridgehead atoms. The minimum Gasteiger partial charge on any atom is -0.491 e. The smallest absolute Gasteiger partial charge is 0.408 e. The van der Waals surface area contributed by atoms with E-state index in [1.54, 1.807) is 20.8 Å². The van der Waals surface area contributed by atoms with Crippen molar-refractivity contribution >= 4 is 6.09 Å². The molecule has 0 heterocycles. The molecule has 6 heteroatoms. The van der Waals surface area contributed by atoms with E-state index in [-0.39, 0.29) is 13.2 Å². The fourth-order valence-electron chi connectivity index (χ4n) is 2.00. The highest BCUT2D eigenvalue weighted by molar-refractivity contribution is 5.69. The van der Waals surface area contributed by atoms with Gasteiger partial charge >= 0.3 is 6.09 Å². The van der Waals surface area contributed by atoms with Crippen LogP contribution in [-0.2, 0) is 11.3 Å². The van der Waals surface area contributed by atoms with E-state index in [1.165, 1.54) is 18.2 Å². The van der Waals surface area contributed by atoms with Gasteiger partial charge in [0.2, 0.25) is 0 Å². The highest BCUT2D eigenvalue weighted by Gasteiger charge is 2.46. The van der Waals surface area contributed by atoms with Gasteiger partial charge in [-0.1, -0.05) is 0 Å². The van der Waals surface area contributed by atoms with Gasteiger partial charge in [-0.3, -0.25) is 0 Å². The molecule has 0 aliphatic heterocycles. The molecular formula is C16H22FNO4. The number of halogens is 1. The van der Waals surface area contributed by atoms with E-state index in [4.69, 9.17) is 9.47 Å². The van der Waals surface area contributed by atoms with E-state index in [2.05, 4.69) is 5.32 Å². The van der Waals surface area contributed by atoms with Crippen LogP contribution in [0.4, 0.5) is 9.18 Å². The average Bonchev–Trinajstić information content (AvgIpc) is 3.14. The first-order chi connectivity index (χ1) is 10.2. The highest BCUT2D eigenvalue weighted by Crippen LogP contribution is 2.36. The number of ether oxygens (including phenoxy) is 2. The molecule has 0 saturated heterocycles. The first kappa shape index (κ1) is 16.5. The Morgan fingerprint density at radius 2 is 2.09 bits per heavy atom. The Labute approximate surface area is 129 Å². The largest absolute Gasteiger partial charge is 0.491 e. The summed E-state index contributed by atoms with van der Waals surface area (Å²) in [6.45, 7) is 5.35. The number of carbonyl (C=O) groups is 1. The lowest BCUT2D eigenvalue weighted by atomic mass is 10.2. The lowest BCUT2D eigenvalue weighted by Gasteiger charge is -2.23. The summed E-state index contributed by atoms with van der Waals surface area (Å²) in [6.07, 6.45) is 1.11. The van der Waals surface area contributed by atoms with E-state index < -0.39 is 23.1 Å². The minimum atomic E-state index is -0.554. The van der Waals surface area contributed by atoms with Crippen molar-refractivity contribution in [1.82, 2.24) is 5.32 Å². The predicted molar refractivity (Wildman–Crippen MR) is 79.2 cm³/mol. The lowest BCUT2D eigenvalue weighted by Crippen LogP contribution is -2.44. The normalized spacial score (nSPS) is 16.0. The zero-order valence-electron chi connectivity index (χ0n) is 13.1. The van der Waals surface area contributed by atoms with E-state index in [1.807, 2.05) is 0 Å². The molecule has 122 valence electrons. The number of nitrogens with one attached hydrogen (secondary N) is 1. The molecule has 1 aromatic carbocycles. The van der Waals surface area contributed by atoms with Crippen molar-refractivity contribution in [2.45, 2.75) is 51.4 Å².